The molecule has 13 heavy (non-hydrogen) atoms. The van der Waals surface area contributed by atoms with E-state index in [-0.39, 0.29) is 11.9 Å². The Bertz CT molecular complexity index is 197. The van der Waals surface area contributed by atoms with Gasteiger partial charge in [0, 0.05) is 32.6 Å². The summed E-state index contributed by atoms with van der Waals surface area (Å²) in [6, 6.07) is 0.270. The van der Waals surface area contributed by atoms with Crippen molar-refractivity contribution in [3.63, 3.8) is 0 Å². The van der Waals surface area contributed by atoms with Crippen molar-refractivity contribution >= 4 is 23.1 Å². The van der Waals surface area contributed by atoms with Crippen LogP contribution >= 0.6 is 12.2 Å². The molecule has 1 saturated heterocycles. The average molecular weight is 201 g/mol. The largest absolute Gasteiger partial charge is 0.392 e. The van der Waals surface area contributed by atoms with Gasteiger partial charge >= 0.3 is 0 Å². The first kappa shape index (κ1) is 10.4. The molecule has 4 nitrogen and oxygen atoms in total. The molecule has 1 aliphatic rings. The molecule has 3 N–H and O–H groups in total. The number of nitrogens with zero attached hydrogens (tertiary/aromatic N) is 1. The van der Waals surface area contributed by atoms with Crippen LogP contribution in [0.4, 0.5) is 0 Å². The highest BCUT2D eigenvalue weighted by Crippen LogP contribution is 2.07. The number of amides is 1. The fraction of sp³-hybridized carbons (Fsp3) is 0.750. The van der Waals surface area contributed by atoms with E-state index in [1.165, 1.54) is 6.92 Å². The van der Waals surface area contributed by atoms with Gasteiger partial charge in [-0.2, -0.15) is 0 Å². The van der Waals surface area contributed by atoms with Gasteiger partial charge in [0.1, 0.15) is 0 Å². The van der Waals surface area contributed by atoms with Crippen LogP contribution in [0.2, 0.25) is 0 Å². The van der Waals surface area contributed by atoms with Gasteiger partial charge < -0.3 is 11.1 Å². The minimum absolute atomic E-state index is 0.0298. The third-order valence-electron chi connectivity index (χ3n) is 2.06. The molecule has 0 radical (unpaired) electrons. The van der Waals surface area contributed by atoms with E-state index in [4.69, 9.17) is 18.0 Å². The monoisotopic (exact) mass is 201 g/mol. The van der Waals surface area contributed by atoms with Gasteiger partial charge in [0.25, 0.3) is 0 Å². The first-order valence-electron chi connectivity index (χ1n) is 4.35. The lowest BCUT2D eigenvalue weighted by atomic mass is 10.3. The van der Waals surface area contributed by atoms with Crippen LogP contribution in [0, 0.1) is 0 Å². The maximum atomic E-state index is 10.7. The Hall–Kier alpha value is -0.680. The number of carbonyl (C=O) groups is 1. The van der Waals surface area contributed by atoms with Crippen LogP contribution in [0.5, 0.6) is 0 Å². The number of rotatable bonds is 3. The van der Waals surface area contributed by atoms with E-state index in [1.54, 1.807) is 0 Å². The quantitative estimate of drug-likeness (QED) is 0.603. The lowest BCUT2D eigenvalue weighted by Crippen LogP contribution is -2.37. The van der Waals surface area contributed by atoms with Crippen LogP contribution in [0.15, 0.2) is 0 Å². The number of carbonyl (C=O) groups excluding carboxylic acids is 1. The summed E-state index contributed by atoms with van der Waals surface area (Å²) in [7, 11) is 0. The zero-order valence-electron chi connectivity index (χ0n) is 7.75. The van der Waals surface area contributed by atoms with Crippen LogP contribution in [0.3, 0.4) is 0 Å². The van der Waals surface area contributed by atoms with Crippen molar-refractivity contribution < 1.29 is 4.79 Å². The topological polar surface area (TPSA) is 58.4 Å². The summed E-state index contributed by atoms with van der Waals surface area (Å²) in [5.74, 6) is 0.0298. The molecular formula is C8H15N3OS. The van der Waals surface area contributed by atoms with E-state index in [0.717, 1.165) is 19.5 Å². The maximum Gasteiger partial charge on any atom is 0.217 e. The first-order valence-corrected chi connectivity index (χ1v) is 4.76. The van der Waals surface area contributed by atoms with Crippen molar-refractivity contribution in [2.45, 2.75) is 19.4 Å². The molecule has 1 aliphatic heterocycles. The van der Waals surface area contributed by atoms with Crippen LogP contribution in [0.25, 0.3) is 0 Å². The van der Waals surface area contributed by atoms with Crippen molar-refractivity contribution in [1.29, 1.82) is 0 Å². The SMILES string of the molecule is CC(=O)NC1CCN(CC(N)=S)C1. The van der Waals surface area contributed by atoms with Gasteiger partial charge in [0.15, 0.2) is 0 Å². The number of likely N-dealkylation sites (tertiary alicyclic amines) is 1. The average Bonchev–Trinajstić information content (AvgIpc) is 2.33. The lowest BCUT2D eigenvalue weighted by Gasteiger charge is -2.14. The predicted molar refractivity (Wildman–Crippen MR) is 55.4 cm³/mol. The molecule has 1 amide bonds. The van der Waals surface area contributed by atoms with Gasteiger partial charge in [0.05, 0.1) is 4.99 Å². The summed E-state index contributed by atoms with van der Waals surface area (Å²) in [6.07, 6.45) is 0.988. The van der Waals surface area contributed by atoms with Crippen molar-refractivity contribution in [2.24, 2.45) is 5.73 Å². The summed E-state index contributed by atoms with van der Waals surface area (Å²) in [5, 5.41) is 2.88. The molecule has 0 spiro atoms. The molecule has 0 aromatic heterocycles. The first-order chi connectivity index (χ1) is 6.08. The van der Waals surface area contributed by atoms with E-state index < -0.39 is 0 Å². The molecule has 0 bridgehead atoms. The standard InChI is InChI=1S/C8H15N3OS/c1-6(12)10-7-2-3-11(4-7)5-8(9)13/h7H,2-5H2,1H3,(H2,9,13)(H,10,12). The van der Waals surface area contributed by atoms with E-state index in [1.807, 2.05) is 0 Å². The second-order valence-electron chi connectivity index (χ2n) is 3.39. The molecule has 1 rings (SSSR count). The van der Waals surface area contributed by atoms with Crippen molar-refractivity contribution in [3.8, 4) is 0 Å². The third-order valence-corrected chi connectivity index (χ3v) is 2.19. The molecule has 5 heteroatoms. The van der Waals surface area contributed by atoms with Gasteiger partial charge in [-0.25, -0.2) is 0 Å². The highest BCUT2D eigenvalue weighted by Gasteiger charge is 2.22. The molecule has 0 saturated carbocycles. The van der Waals surface area contributed by atoms with Crippen molar-refractivity contribution in [1.82, 2.24) is 10.2 Å². The maximum absolute atomic E-state index is 10.7. The fourth-order valence-electron chi connectivity index (χ4n) is 1.60. The smallest absolute Gasteiger partial charge is 0.217 e. The van der Waals surface area contributed by atoms with Crippen molar-refractivity contribution in [2.75, 3.05) is 19.6 Å². The molecule has 1 unspecified atom stereocenters. The Kier molecular flexibility index (Phi) is 3.62. The third kappa shape index (κ3) is 3.69. The highest BCUT2D eigenvalue weighted by molar-refractivity contribution is 7.80. The molecule has 1 heterocycles. The van der Waals surface area contributed by atoms with Crippen LogP contribution in [-0.2, 0) is 4.79 Å². The van der Waals surface area contributed by atoms with Gasteiger partial charge in [-0.15, -0.1) is 0 Å². The minimum atomic E-state index is 0.0298. The molecule has 0 aromatic carbocycles. The second kappa shape index (κ2) is 4.53. The summed E-state index contributed by atoms with van der Waals surface area (Å²) in [4.78, 5) is 13.4. The molecule has 1 atom stereocenters. The van der Waals surface area contributed by atoms with E-state index in [9.17, 15) is 4.79 Å². The van der Waals surface area contributed by atoms with Gasteiger partial charge in [0.2, 0.25) is 5.91 Å². The number of thiocarbonyl (C=S) groups is 1. The lowest BCUT2D eigenvalue weighted by molar-refractivity contribution is -0.119. The summed E-state index contributed by atoms with van der Waals surface area (Å²) in [5.41, 5.74) is 5.42. The van der Waals surface area contributed by atoms with Crippen LogP contribution in [0.1, 0.15) is 13.3 Å². The van der Waals surface area contributed by atoms with E-state index in [2.05, 4.69) is 10.2 Å². The molecule has 0 aromatic rings. The summed E-state index contributed by atoms with van der Waals surface area (Å²) in [6.45, 7) is 4.01. The normalized spacial score (nSPS) is 23.0. The minimum Gasteiger partial charge on any atom is -0.392 e. The number of nitrogens with one attached hydrogen (secondary N) is 1. The Morgan fingerprint density at radius 1 is 1.77 bits per heavy atom. The zero-order chi connectivity index (χ0) is 9.84. The van der Waals surface area contributed by atoms with E-state index >= 15 is 0 Å². The summed E-state index contributed by atoms with van der Waals surface area (Å²) < 4.78 is 0. The number of hydrogen-bond acceptors (Lipinski definition) is 3. The van der Waals surface area contributed by atoms with Crippen LogP contribution in [-0.4, -0.2) is 41.5 Å². The van der Waals surface area contributed by atoms with Crippen LogP contribution < -0.4 is 11.1 Å². The second-order valence-corrected chi connectivity index (χ2v) is 3.91. The predicted octanol–water partition coefficient (Wildman–Crippen LogP) is -0.517. The molecular weight excluding hydrogens is 186 g/mol. The molecule has 74 valence electrons. The van der Waals surface area contributed by atoms with Gasteiger partial charge in [-0.05, 0) is 6.42 Å². The Balaban J connectivity index is 2.27. The summed E-state index contributed by atoms with van der Waals surface area (Å²) >= 11 is 4.81. The molecule has 0 aliphatic carbocycles. The highest BCUT2D eigenvalue weighted by atomic mass is 32.1. The number of nitrogens with two attached hydrogens (primary N) is 1. The van der Waals surface area contributed by atoms with Gasteiger partial charge in [-0.1, -0.05) is 12.2 Å². The number of hydrogen-bond donors (Lipinski definition) is 2. The van der Waals surface area contributed by atoms with Gasteiger partial charge in [-0.3, -0.25) is 9.69 Å². The fourth-order valence-corrected chi connectivity index (χ4v) is 1.78. The zero-order valence-corrected chi connectivity index (χ0v) is 8.56. The Morgan fingerprint density at radius 2 is 2.46 bits per heavy atom. The molecule has 1 fully saturated rings. The van der Waals surface area contributed by atoms with Crippen molar-refractivity contribution in [3.05, 3.63) is 0 Å². The van der Waals surface area contributed by atoms with E-state index in [0.29, 0.717) is 11.5 Å². The Morgan fingerprint density at radius 3 is 3.00 bits per heavy atom. The Labute approximate surface area is 83.5 Å².